The summed E-state index contributed by atoms with van der Waals surface area (Å²) in [6, 6.07) is 6.99. The van der Waals surface area contributed by atoms with Gasteiger partial charge in [0.05, 0.1) is 18.0 Å². The monoisotopic (exact) mass is 365 g/mol. The zero-order valence-electron chi connectivity index (χ0n) is 15.7. The molecule has 4 heterocycles. The standard InChI is InChI=1S/C21H27N5O/c22-13-26-16-8-9-19(26)18(11-16)24-21(27)15-3-2-10-25(12-15)20-5-1-4-17(23-20)14-6-7-14/h1,4-5,14-16,18-19H,2-3,6-12H2,(H,24,27)/t15?,16-,18+,19+/m0/s1. The van der Waals surface area contributed by atoms with Gasteiger partial charge in [-0.05, 0) is 57.1 Å². The maximum absolute atomic E-state index is 12.9. The van der Waals surface area contributed by atoms with E-state index < -0.39 is 0 Å². The van der Waals surface area contributed by atoms with E-state index in [9.17, 15) is 10.1 Å². The number of rotatable bonds is 4. The summed E-state index contributed by atoms with van der Waals surface area (Å²) >= 11 is 0. The minimum Gasteiger partial charge on any atom is -0.356 e. The summed E-state index contributed by atoms with van der Waals surface area (Å²) in [5, 5.41) is 12.6. The number of nitrogens with zero attached hydrogens (tertiary/aromatic N) is 4. The molecule has 1 unspecified atom stereocenters. The van der Waals surface area contributed by atoms with Crippen molar-refractivity contribution in [3.63, 3.8) is 0 Å². The van der Waals surface area contributed by atoms with E-state index in [-0.39, 0.29) is 23.9 Å². The molecule has 6 heteroatoms. The van der Waals surface area contributed by atoms with Crippen molar-refractivity contribution in [2.45, 2.75) is 69.0 Å². The smallest absolute Gasteiger partial charge is 0.225 e. The van der Waals surface area contributed by atoms with Crippen molar-refractivity contribution in [2.24, 2.45) is 5.92 Å². The van der Waals surface area contributed by atoms with Crippen molar-refractivity contribution in [3.05, 3.63) is 23.9 Å². The second kappa shape index (κ2) is 6.70. The molecule has 4 fully saturated rings. The zero-order valence-corrected chi connectivity index (χ0v) is 15.7. The molecule has 1 aliphatic carbocycles. The summed E-state index contributed by atoms with van der Waals surface area (Å²) < 4.78 is 0. The number of carbonyl (C=O) groups is 1. The molecular formula is C21H27N5O. The summed E-state index contributed by atoms with van der Waals surface area (Å²) in [5.74, 6) is 1.84. The van der Waals surface area contributed by atoms with Crippen LogP contribution in [0.3, 0.4) is 0 Å². The first-order valence-corrected chi connectivity index (χ1v) is 10.4. The molecule has 142 valence electrons. The summed E-state index contributed by atoms with van der Waals surface area (Å²) in [5.41, 5.74) is 1.21. The van der Waals surface area contributed by atoms with Crippen molar-refractivity contribution in [3.8, 4) is 6.19 Å². The van der Waals surface area contributed by atoms with Crippen molar-refractivity contribution in [2.75, 3.05) is 18.0 Å². The van der Waals surface area contributed by atoms with Gasteiger partial charge in [-0.15, -0.1) is 0 Å². The lowest BCUT2D eigenvalue weighted by Crippen LogP contribution is -2.49. The van der Waals surface area contributed by atoms with Crippen LogP contribution < -0.4 is 10.2 Å². The Hall–Kier alpha value is -2.29. The highest BCUT2D eigenvalue weighted by molar-refractivity contribution is 5.80. The van der Waals surface area contributed by atoms with Crippen molar-refractivity contribution in [1.82, 2.24) is 15.2 Å². The number of fused-ring (bicyclic) bond motifs is 2. The Morgan fingerprint density at radius 1 is 1.22 bits per heavy atom. The van der Waals surface area contributed by atoms with Crippen LogP contribution in [0, 0.1) is 17.4 Å². The summed E-state index contributed by atoms with van der Waals surface area (Å²) in [4.78, 5) is 22.0. The van der Waals surface area contributed by atoms with Gasteiger partial charge in [0.15, 0.2) is 6.19 Å². The van der Waals surface area contributed by atoms with E-state index in [4.69, 9.17) is 4.98 Å². The van der Waals surface area contributed by atoms with E-state index in [1.54, 1.807) is 0 Å². The van der Waals surface area contributed by atoms with Crippen LogP contribution in [0.15, 0.2) is 18.2 Å². The van der Waals surface area contributed by atoms with Crippen molar-refractivity contribution < 1.29 is 4.79 Å². The topological polar surface area (TPSA) is 72.3 Å². The minimum atomic E-state index is 0.0137. The molecule has 5 rings (SSSR count). The van der Waals surface area contributed by atoms with Crippen LogP contribution in [0.2, 0.25) is 0 Å². The number of nitriles is 1. The molecular weight excluding hydrogens is 338 g/mol. The molecule has 1 saturated carbocycles. The highest BCUT2D eigenvalue weighted by Crippen LogP contribution is 2.40. The predicted octanol–water partition coefficient (Wildman–Crippen LogP) is 2.38. The largest absolute Gasteiger partial charge is 0.356 e. The molecule has 0 radical (unpaired) electrons. The first kappa shape index (κ1) is 16.9. The number of nitrogens with one attached hydrogen (secondary N) is 1. The first-order chi connectivity index (χ1) is 13.2. The van der Waals surface area contributed by atoms with Crippen LogP contribution in [0.4, 0.5) is 5.82 Å². The van der Waals surface area contributed by atoms with Gasteiger partial charge in [0.2, 0.25) is 5.91 Å². The predicted molar refractivity (Wildman–Crippen MR) is 102 cm³/mol. The summed E-state index contributed by atoms with van der Waals surface area (Å²) in [6.45, 7) is 1.72. The fourth-order valence-electron chi connectivity index (χ4n) is 5.22. The third kappa shape index (κ3) is 3.13. The summed E-state index contributed by atoms with van der Waals surface area (Å²) in [7, 11) is 0. The Kier molecular flexibility index (Phi) is 4.18. The van der Waals surface area contributed by atoms with Gasteiger partial charge >= 0.3 is 0 Å². The third-order valence-corrected chi connectivity index (χ3v) is 6.85. The van der Waals surface area contributed by atoms with Gasteiger partial charge < -0.3 is 15.1 Å². The second-order valence-electron chi connectivity index (χ2n) is 8.64. The normalized spacial score (nSPS) is 32.4. The van der Waals surface area contributed by atoms with Gasteiger partial charge in [-0.1, -0.05) is 6.07 Å². The van der Waals surface area contributed by atoms with Gasteiger partial charge in [0, 0.05) is 30.7 Å². The molecule has 3 aliphatic heterocycles. The average molecular weight is 365 g/mol. The number of hydrogen-bond acceptors (Lipinski definition) is 5. The van der Waals surface area contributed by atoms with Crippen LogP contribution in [-0.4, -0.2) is 47.0 Å². The van der Waals surface area contributed by atoms with E-state index in [0.29, 0.717) is 12.0 Å². The Morgan fingerprint density at radius 2 is 2.11 bits per heavy atom. The highest BCUT2D eigenvalue weighted by Gasteiger charge is 2.47. The highest BCUT2D eigenvalue weighted by atomic mass is 16.2. The van der Waals surface area contributed by atoms with Crippen LogP contribution in [-0.2, 0) is 4.79 Å². The molecule has 0 spiro atoms. The fraction of sp³-hybridized carbons (Fsp3) is 0.667. The Morgan fingerprint density at radius 3 is 2.89 bits per heavy atom. The molecule has 1 N–H and O–H groups in total. The zero-order chi connectivity index (χ0) is 18.4. The molecule has 1 aromatic rings. The number of carbonyl (C=O) groups excluding carboxylic acids is 1. The number of piperidine rings is 1. The molecule has 1 amide bonds. The minimum absolute atomic E-state index is 0.0137. The Labute approximate surface area is 160 Å². The lowest BCUT2D eigenvalue weighted by atomic mass is 9.93. The van der Waals surface area contributed by atoms with Crippen molar-refractivity contribution >= 4 is 11.7 Å². The van der Waals surface area contributed by atoms with Crippen molar-refractivity contribution in [1.29, 1.82) is 5.26 Å². The van der Waals surface area contributed by atoms with Gasteiger partial charge in [-0.3, -0.25) is 4.79 Å². The van der Waals surface area contributed by atoms with E-state index >= 15 is 0 Å². The van der Waals surface area contributed by atoms with Gasteiger partial charge in [0.25, 0.3) is 0 Å². The average Bonchev–Trinajstić information content (AvgIpc) is 3.42. The second-order valence-corrected chi connectivity index (χ2v) is 8.64. The number of hydrogen-bond donors (Lipinski definition) is 1. The molecule has 2 bridgehead atoms. The quantitative estimate of drug-likeness (QED) is 0.830. The fourth-order valence-corrected chi connectivity index (χ4v) is 5.22. The Bertz CT molecular complexity index is 770. The van der Waals surface area contributed by atoms with Gasteiger partial charge in [-0.25, -0.2) is 4.98 Å². The molecule has 6 nitrogen and oxygen atoms in total. The number of aromatic nitrogens is 1. The van der Waals surface area contributed by atoms with Crippen LogP contribution >= 0.6 is 0 Å². The van der Waals surface area contributed by atoms with Gasteiger partial charge in [-0.2, -0.15) is 5.26 Å². The number of anilines is 1. The van der Waals surface area contributed by atoms with Crippen LogP contribution in [0.25, 0.3) is 0 Å². The molecule has 3 saturated heterocycles. The lowest BCUT2D eigenvalue weighted by Gasteiger charge is -2.34. The van der Waals surface area contributed by atoms with E-state index in [1.807, 2.05) is 4.90 Å². The Balaban J connectivity index is 1.23. The molecule has 27 heavy (non-hydrogen) atoms. The van der Waals surface area contributed by atoms with E-state index in [2.05, 4.69) is 34.6 Å². The number of amides is 1. The van der Waals surface area contributed by atoms with Gasteiger partial charge in [0.1, 0.15) is 5.82 Å². The maximum Gasteiger partial charge on any atom is 0.225 e. The summed E-state index contributed by atoms with van der Waals surface area (Å²) in [6.07, 6.45) is 9.83. The molecule has 4 aliphatic rings. The molecule has 1 aromatic heterocycles. The van der Waals surface area contributed by atoms with E-state index in [1.165, 1.54) is 18.5 Å². The van der Waals surface area contributed by atoms with Crippen LogP contribution in [0.1, 0.15) is 56.6 Å². The molecule has 0 aromatic carbocycles. The SMILES string of the molecule is N#CN1[C@H]2CC[C@@H]1[C@H](NC(=O)C1CCCN(c3cccc(C4CC4)n3)C1)C2. The first-order valence-electron chi connectivity index (χ1n) is 10.4. The third-order valence-electron chi connectivity index (χ3n) is 6.85. The maximum atomic E-state index is 12.9. The van der Waals surface area contributed by atoms with E-state index in [0.717, 1.165) is 51.0 Å². The lowest BCUT2D eigenvalue weighted by molar-refractivity contribution is -0.126. The molecule has 4 atom stereocenters. The number of pyridine rings is 1. The van der Waals surface area contributed by atoms with Crippen LogP contribution in [0.5, 0.6) is 0 Å².